The number of hydrogen-bond donors (Lipinski definition) is 1. The highest BCUT2D eigenvalue weighted by Gasteiger charge is 2.26. The molecule has 1 fully saturated rings. The largest absolute Gasteiger partial charge is 0.381 e. The van der Waals surface area contributed by atoms with Crippen molar-refractivity contribution in [1.29, 1.82) is 5.26 Å². The van der Waals surface area contributed by atoms with Crippen LogP contribution in [0.5, 0.6) is 0 Å². The Balaban J connectivity index is 1.97. The molecule has 4 heteroatoms. The second kappa shape index (κ2) is 7.06. The first-order valence-corrected chi connectivity index (χ1v) is 7.05. The number of nitriles is 1. The zero-order chi connectivity index (χ0) is 14.4. The molecule has 4 nitrogen and oxygen atoms in total. The van der Waals surface area contributed by atoms with Crippen LogP contribution in [0.15, 0.2) is 30.3 Å². The van der Waals surface area contributed by atoms with E-state index in [9.17, 15) is 10.1 Å². The molecule has 1 aliphatic heterocycles. The molecule has 0 radical (unpaired) electrons. The third-order valence-corrected chi connectivity index (χ3v) is 3.87. The summed E-state index contributed by atoms with van der Waals surface area (Å²) in [5, 5.41) is 12.2. The maximum Gasteiger partial charge on any atom is 0.242 e. The maximum absolute atomic E-state index is 12.3. The number of carbonyl (C=O) groups excluding carboxylic acids is 1. The molecule has 1 saturated heterocycles. The summed E-state index contributed by atoms with van der Waals surface area (Å²) in [6.45, 7) is 3.52. The van der Waals surface area contributed by atoms with Gasteiger partial charge in [-0.15, -0.1) is 0 Å². The van der Waals surface area contributed by atoms with E-state index in [4.69, 9.17) is 4.74 Å². The van der Waals surface area contributed by atoms with Crippen LogP contribution in [0.3, 0.4) is 0 Å². The predicted molar refractivity (Wildman–Crippen MR) is 75.9 cm³/mol. The van der Waals surface area contributed by atoms with E-state index in [0.29, 0.717) is 5.92 Å². The average Bonchev–Trinajstić information content (AvgIpc) is 2.50. The lowest BCUT2D eigenvalue weighted by Crippen LogP contribution is -2.42. The second-order valence-electron chi connectivity index (χ2n) is 5.22. The van der Waals surface area contributed by atoms with Gasteiger partial charge in [0.15, 0.2) is 0 Å². The summed E-state index contributed by atoms with van der Waals surface area (Å²) in [6, 6.07) is 11.3. The van der Waals surface area contributed by atoms with Crippen LogP contribution in [-0.4, -0.2) is 25.2 Å². The number of rotatable bonds is 4. The van der Waals surface area contributed by atoms with E-state index in [1.807, 2.05) is 37.3 Å². The van der Waals surface area contributed by atoms with E-state index in [-0.39, 0.29) is 11.9 Å². The van der Waals surface area contributed by atoms with E-state index in [1.54, 1.807) is 0 Å². The first kappa shape index (κ1) is 14.5. The Hall–Kier alpha value is -1.86. The highest BCUT2D eigenvalue weighted by Crippen LogP contribution is 2.20. The van der Waals surface area contributed by atoms with Crippen LogP contribution in [0.1, 0.15) is 31.2 Å². The lowest BCUT2D eigenvalue weighted by atomic mass is 9.92. The van der Waals surface area contributed by atoms with E-state index in [2.05, 4.69) is 11.4 Å². The van der Waals surface area contributed by atoms with E-state index >= 15 is 0 Å². The molecular formula is C16H20N2O2. The van der Waals surface area contributed by atoms with Gasteiger partial charge in [0, 0.05) is 19.3 Å². The molecule has 2 rings (SSSR count). The van der Waals surface area contributed by atoms with Gasteiger partial charge < -0.3 is 10.1 Å². The van der Waals surface area contributed by atoms with Gasteiger partial charge >= 0.3 is 0 Å². The quantitative estimate of drug-likeness (QED) is 0.914. The van der Waals surface area contributed by atoms with E-state index in [1.165, 1.54) is 0 Å². The van der Waals surface area contributed by atoms with Crippen molar-refractivity contribution in [2.75, 3.05) is 13.2 Å². The standard InChI is InChI=1S/C16H20N2O2/c1-12(13-7-9-20-10-8-13)18-16(19)15(11-17)14-5-3-2-4-6-14/h2-6,12-13,15H,7-10H2,1H3,(H,18,19). The summed E-state index contributed by atoms with van der Waals surface area (Å²) >= 11 is 0. The summed E-state index contributed by atoms with van der Waals surface area (Å²) < 4.78 is 5.33. The van der Waals surface area contributed by atoms with Crippen LogP contribution >= 0.6 is 0 Å². The summed E-state index contributed by atoms with van der Waals surface area (Å²) in [4.78, 5) is 12.3. The van der Waals surface area contributed by atoms with Gasteiger partial charge in [-0.05, 0) is 31.2 Å². The number of amides is 1. The molecule has 1 amide bonds. The molecule has 20 heavy (non-hydrogen) atoms. The first-order chi connectivity index (χ1) is 9.72. The summed E-state index contributed by atoms with van der Waals surface area (Å²) in [7, 11) is 0. The van der Waals surface area contributed by atoms with Crippen LogP contribution in [0.4, 0.5) is 0 Å². The molecule has 1 aliphatic rings. The summed E-state index contributed by atoms with van der Waals surface area (Å²) in [6.07, 6.45) is 1.92. The number of carbonyl (C=O) groups is 1. The van der Waals surface area contributed by atoms with Gasteiger partial charge in [-0.3, -0.25) is 4.79 Å². The fourth-order valence-electron chi connectivity index (χ4n) is 2.57. The van der Waals surface area contributed by atoms with Gasteiger partial charge in [0.05, 0.1) is 6.07 Å². The second-order valence-corrected chi connectivity index (χ2v) is 5.22. The van der Waals surface area contributed by atoms with Crippen molar-refractivity contribution < 1.29 is 9.53 Å². The molecule has 0 aromatic heterocycles. The Labute approximate surface area is 119 Å². The molecule has 1 aromatic rings. The van der Waals surface area contributed by atoms with Crippen molar-refractivity contribution in [3.63, 3.8) is 0 Å². The number of benzene rings is 1. The molecule has 1 N–H and O–H groups in total. The molecule has 2 unspecified atom stereocenters. The van der Waals surface area contributed by atoms with Gasteiger partial charge in [-0.2, -0.15) is 5.26 Å². The fourth-order valence-corrected chi connectivity index (χ4v) is 2.57. The highest BCUT2D eigenvalue weighted by molar-refractivity contribution is 5.86. The van der Waals surface area contributed by atoms with Crippen molar-refractivity contribution >= 4 is 5.91 Å². The van der Waals surface area contributed by atoms with Crippen molar-refractivity contribution in [2.24, 2.45) is 5.92 Å². The minimum Gasteiger partial charge on any atom is -0.381 e. The lowest BCUT2D eigenvalue weighted by molar-refractivity contribution is -0.122. The van der Waals surface area contributed by atoms with Gasteiger partial charge in [-0.1, -0.05) is 30.3 Å². The highest BCUT2D eigenvalue weighted by atomic mass is 16.5. The zero-order valence-electron chi connectivity index (χ0n) is 11.7. The fraction of sp³-hybridized carbons (Fsp3) is 0.500. The van der Waals surface area contributed by atoms with Gasteiger partial charge in [0.1, 0.15) is 5.92 Å². The maximum atomic E-state index is 12.3. The van der Waals surface area contributed by atoms with Crippen LogP contribution in [-0.2, 0) is 9.53 Å². The number of nitrogens with zero attached hydrogens (tertiary/aromatic N) is 1. The Kier molecular flexibility index (Phi) is 5.14. The average molecular weight is 272 g/mol. The van der Waals surface area contributed by atoms with Crippen LogP contribution in [0.2, 0.25) is 0 Å². The van der Waals surface area contributed by atoms with E-state index in [0.717, 1.165) is 31.6 Å². The van der Waals surface area contributed by atoms with E-state index < -0.39 is 5.92 Å². The summed E-state index contributed by atoms with van der Waals surface area (Å²) in [5.74, 6) is -0.515. The van der Waals surface area contributed by atoms with Crippen molar-refractivity contribution in [3.8, 4) is 6.07 Å². The van der Waals surface area contributed by atoms with Gasteiger partial charge in [-0.25, -0.2) is 0 Å². The third-order valence-electron chi connectivity index (χ3n) is 3.87. The SMILES string of the molecule is CC(NC(=O)C(C#N)c1ccccc1)C1CCOCC1. The Morgan fingerprint density at radius 2 is 2.00 bits per heavy atom. The number of ether oxygens (including phenoxy) is 1. The molecule has 0 spiro atoms. The lowest BCUT2D eigenvalue weighted by Gasteiger charge is -2.28. The normalized spacial score (nSPS) is 18.8. The van der Waals surface area contributed by atoms with Gasteiger partial charge in [0.25, 0.3) is 0 Å². The molecule has 1 heterocycles. The molecule has 0 aliphatic carbocycles. The topological polar surface area (TPSA) is 62.1 Å². The van der Waals surface area contributed by atoms with Gasteiger partial charge in [0.2, 0.25) is 5.91 Å². The molecule has 2 atom stereocenters. The van der Waals surface area contributed by atoms with Crippen molar-refractivity contribution in [2.45, 2.75) is 31.7 Å². The minimum absolute atomic E-state index is 0.0750. The monoisotopic (exact) mass is 272 g/mol. The number of hydrogen-bond acceptors (Lipinski definition) is 3. The first-order valence-electron chi connectivity index (χ1n) is 7.05. The predicted octanol–water partition coefficient (Wildman–Crippen LogP) is 2.23. The van der Waals surface area contributed by atoms with Crippen LogP contribution in [0.25, 0.3) is 0 Å². The van der Waals surface area contributed by atoms with Crippen LogP contribution in [0, 0.1) is 17.2 Å². The zero-order valence-corrected chi connectivity index (χ0v) is 11.7. The smallest absolute Gasteiger partial charge is 0.242 e. The molecule has 1 aromatic carbocycles. The van der Waals surface area contributed by atoms with Crippen molar-refractivity contribution in [3.05, 3.63) is 35.9 Å². The van der Waals surface area contributed by atoms with Crippen LogP contribution < -0.4 is 5.32 Å². The molecular weight excluding hydrogens is 252 g/mol. The Morgan fingerprint density at radius 3 is 2.60 bits per heavy atom. The summed E-state index contributed by atoms with van der Waals surface area (Å²) in [5.41, 5.74) is 0.742. The molecule has 0 saturated carbocycles. The molecule has 0 bridgehead atoms. The number of nitrogens with one attached hydrogen (secondary N) is 1. The van der Waals surface area contributed by atoms with Crippen molar-refractivity contribution in [1.82, 2.24) is 5.32 Å². The third kappa shape index (κ3) is 3.58. The minimum atomic E-state index is -0.738. The Morgan fingerprint density at radius 1 is 1.35 bits per heavy atom. The Bertz CT molecular complexity index is 475. The molecule has 106 valence electrons.